The van der Waals surface area contributed by atoms with Crippen LogP contribution < -0.4 is 5.73 Å². The summed E-state index contributed by atoms with van der Waals surface area (Å²) in [6, 6.07) is 5.66. The minimum absolute atomic E-state index is 0.530. The van der Waals surface area contributed by atoms with Gasteiger partial charge in [0.25, 0.3) is 0 Å². The van der Waals surface area contributed by atoms with Gasteiger partial charge in [-0.15, -0.1) is 0 Å². The number of nitrogens with zero attached hydrogens (tertiary/aromatic N) is 3. The number of anilines is 1. The largest absolute Gasteiger partial charge is 0.382 e. The molecule has 0 unspecified atom stereocenters. The first-order chi connectivity index (χ1) is 6.74. The molecule has 2 N–H and O–H groups in total. The standard InChI is InChI=1S/C9H9BrN4/c10-7-1-2-8(12-5-7)6-14-4-3-9(11)13-14/h1-5H,6H2,(H2,11,13). The number of nitrogens with two attached hydrogens (primary N) is 1. The maximum absolute atomic E-state index is 5.50. The van der Waals surface area contributed by atoms with Crippen LogP contribution >= 0.6 is 15.9 Å². The lowest BCUT2D eigenvalue weighted by molar-refractivity contribution is 0.675. The third-order valence-electron chi connectivity index (χ3n) is 1.77. The molecule has 0 atom stereocenters. The van der Waals surface area contributed by atoms with Gasteiger partial charge in [-0.2, -0.15) is 5.10 Å². The van der Waals surface area contributed by atoms with Crippen molar-refractivity contribution in [3.8, 4) is 0 Å². The highest BCUT2D eigenvalue weighted by molar-refractivity contribution is 9.10. The van der Waals surface area contributed by atoms with Gasteiger partial charge in [-0.25, -0.2) is 0 Å². The molecule has 0 bridgehead atoms. The molecule has 0 aromatic carbocycles. The van der Waals surface area contributed by atoms with Crippen LogP contribution in [0.15, 0.2) is 35.1 Å². The Morgan fingerprint density at radius 1 is 1.36 bits per heavy atom. The topological polar surface area (TPSA) is 56.7 Å². The molecule has 0 saturated heterocycles. The molecule has 0 amide bonds. The number of aromatic nitrogens is 3. The first-order valence-electron chi connectivity index (χ1n) is 4.13. The van der Waals surface area contributed by atoms with Crippen molar-refractivity contribution >= 4 is 21.7 Å². The van der Waals surface area contributed by atoms with E-state index < -0.39 is 0 Å². The molecule has 0 aliphatic carbocycles. The summed E-state index contributed by atoms with van der Waals surface area (Å²) >= 11 is 3.33. The normalized spacial score (nSPS) is 10.4. The van der Waals surface area contributed by atoms with E-state index in [0.717, 1.165) is 10.2 Å². The van der Waals surface area contributed by atoms with Crippen molar-refractivity contribution in [2.75, 3.05) is 5.73 Å². The number of pyridine rings is 1. The van der Waals surface area contributed by atoms with Crippen LogP contribution in [0.5, 0.6) is 0 Å². The predicted molar refractivity (Wildman–Crippen MR) is 57.7 cm³/mol. The van der Waals surface area contributed by atoms with Crippen molar-refractivity contribution in [3.63, 3.8) is 0 Å². The second-order valence-corrected chi connectivity index (χ2v) is 3.82. The fourth-order valence-corrected chi connectivity index (χ4v) is 1.37. The van der Waals surface area contributed by atoms with Gasteiger partial charge in [0, 0.05) is 16.9 Å². The van der Waals surface area contributed by atoms with Crippen molar-refractivity contribution in [1.29, 1.82) is 0 Å². The molecule has 0 saturated carbocycles. The molecule has 14 heavy (non-hydrogen) atoms. The zero-order chi connectivity index (χ0) is 9.97. The molecular weight excluding hydrogens is 244 g/mol. The average molecular weight is 253 g/mol. The molecular formula is C9H9BrN4. The SMILES string of the molecule is Nc1ccn(Cc2ccc(Br)cn2)n1. The van der Waals surface area contributed by atoms with E-state index >= 15 is 0 Å². The molecule has 2 aromatic rings. The van der Waals surface area contributed by atoms with Crippen LogP contribution in [0.2, 0.25) is 0 Å². The molecule has 4 nitrogen and oxygen atoms in total. The molecule has 72 valence electrons. The molecule has 2 rings (SSSR count). The van der Waals surface area contributed by atoms with Crippen molar-refractivity contribution in [2.24, 2.45) is 0 Å². The summed E-state index contributed by atoms with van der Waals surface area (Å²) in [5.74, 6) is 0.530. The van der Waals surface area contributed by atoms with Crippen LogP contribution in [0.3, 0.4) is 0 Å². The van der Waals surface area contributed by atoms with Crippen LogP contribution in [-0.2, 0) is 6.54 Å². The van der Waals surface area contributed by atoms with Crippen LogP contribution in [0.25, 0.3) is 0 Å². The van der Waals surface area contributed by atoms with Gasteiger partial charge in [-0.1, -0.05) is 0 Å². The third kappa shape index (κ3) is 2.11. The summed E-state index contributed by atoms with van der Waals surface area (Å²) in [4.78, 5) is 4.23. The van der Waals surface area contributed by atoms with Gasteiger partial charge >= 0.3 is 0 Å². The van der Waals surface area contributed by atoms with Crippen LogP contribution in [0.4, 0.5) is 5.82 Å². The summed E-state index contributed by atoms with van der Waals surface area (Å²) in [5.41, 5.74) is 6.45. The second kappa shape index (κ2) is 3.79. The van der Waals surface area contributed by atoms with Gasteiger partial charge < -0.3 is 5.73 Å². The Morgan fingerprint density at radius 3 is 2.79 bits per heavy atom. The summed E-state index contributed by atoms with van der Waals surface area (Å²) in [6.07, 6.45) is 3.60. The van der Waals surface area contributed by atoms with E-state index in [-0.39, 0.29) is 0 Å². The lowest BCUT2D eigenvalue weighted by Crippen LogP contribution is -2.02. The van der Waals surface area contributed by atoms with E-state index in [9.17, 15) is 0 Å². The highest BCUT2D eigenvalue weighted by Gasteiger charge is 1.97. The Kier molecular flexibility index (Phi) is 2.49. The molecule has 0 aliphatic heterocycles. The quantitative estimate of drug-likeness (QED) is 0.885. The predicted octanol–water partition coefficient (Wildman–Crippen LogP) is 1.67. The van der Waals surface area contributed by atoms with Gasteiger partial charge in [0.15, 0.2) is 0 Å². The molecule has 0 fully saturated rings. The summed E-state index contributed by atoms with van der Waals surface area (Å²) in [7, 11) is 0. The van der Waals surface area contributed by atoms with Gasteiger partial charge in [0.1, 0.15) is 5.82 Å². The smallest absolute Gasteiger partial charge is 0.145 e. The first-order valence-corrected chi connectivity index (χ1v) is 4.93. The van der Waals surface area contributed by atoms with Gasteiger partial charge in [0.2, 0.25) is 0 Å². The number of nitrogen functional groups attached to an aromatic ring is 1. The second-order valence-electron chi connectivity index (χ2n) is 2.91. The molecule has 2 aromatic heterocycles. The Labute approximate surface area is 89.9 Å². The third-order valence-corrected chi connectivity index (χ3v) is 2.24. The van der Waals surface area contributed by atoms with E-state index in [0.29, 0.717) is 12.4 Å². The average Bonchev–Trinajstić information content (AvgIpc) is 2.56. The zero-order valence-electron chi connectivity index (χ0n) is 7.39. The van der Waals surface area contributed by atoms with Gasteiger partial charge in [-0.05, 0) is 34.1 Å². The molecule has 2 heterocycles. The Balaban J connectivity index is 2.15. The first kappa shape index (κ1) is 9.21. The molecule has 5 heteroatoms. The lowest BCUT2D eigenvalue weighted by atomic mass is 10.3. The van der Waals surface area contributed by atoms with Crippen molar-refractivity contribution < 1.29 is 0 Å². The van der Waals surface area contributed by atoms with E-state index in [2.05, 4.69) is 26.0 Å². The van der Waals surface area contributed by atoms with E-state index in [4.69, 9.17) is 5.73 Å². The molecule has 0 aliphatic rings. The monoisotopic (exact) mass is 252 g/mol. The Morgan fingerprint density at radius 2 is 2.21 bits per heavy atom. The van der Waals surface area contributed by atoms with Crippen molar-refractivity contribution in [2.45, 2.75) is 6.54 Å². The summed E-state index contributed by atoms with van der Waals surface area (Å²) < 4.78 is 2.73. The number of rotatable bonds is 2. The highest BCUT2D eigenvalue weighted by atomic mass is 79.9. The summed E-state index contributed by atoms with van der Waals surface area (Å²) in [5, 5.41) is 4.07. The fourth-order valence-electron chi connectivity index (χ4n) is 1.13. The number of hydrogen-bond donors (Lipinski definition) is 1. The van der Waals surface area contributed by atoms with Crippen molar-refractivity contribution in [1.82, 2.24) is 14.8 Å². The Bertz CT molecular complexity index is 421. The van der Waals surface area contributed by atoms with E-state index in [1.54, 1.807) is 16.9 Å². The van der Waals surface area contributed by atoms with Crippen molar-refractivity contribution in [3.05, 3.63) is 40.8 Å². The highest BCUT2D eigenvalue weighted by Crippen LogP contribution is 2.08. The Hall–Kier alpha value is -1.36. The maximum Gasteiger partial charge on any atom is 0.145 e. The molecule has 0 spiro atoms. The number of halogens is 1. The van der Waals surface area contributed by atoms with Crippen LogP contribution in [0.1, 0.15) is 5.69 Å². The lowest BCUT2D eigenvalue weighted by Gasteiger charge is -2.00. The van der Waals surface area contributed by atoms with Crippen LogP contribution in [0, 0.1) is 0 Å². The van der Waals surface area contributed by atoms with E-state index in [1.165, 1.54) is 0 Å². The maximum atomic E-state index is 5.50. The van der Waals surface area contributed by atoms with E-state index in [1.807, 2.05) is 18.3 Å². The minimum atomic E-state index is 0.530. The zero-order valence-corrected chi connectivity index (χ0v) is 8.98. The molecule has 0 radical (unpaired) electrons. The fraction of sp³-hybridized carbons (Fsp3) is 0.111. The summed E-state index contributed by atoms with van der Waals surface area (Å²) in [6.45, 7) is 0.643. The minimum Gasteiger partial charge on any atom is -0.382 e. The van der Waals surface area contributed by atoms with Gasteiger partial charge in [0.05, 0.1) is 12.2 Å². The number of hydrogen-bond acceptors (Lipinski definition) is 3. The van der Waals surface area contributed by atoms with Gasteiger partial charge in [-0.3, -0.25) is 9.67 Å². The van der Waals surface area contributed by atoms with Crippen LogP contribution in [-0.4, -0.2) is 14.8 Å².